The van der Waals surface area contributed by atoms with Crippen molar-refractivity contribution in [2.24, 2.45) is 0 Å². The van der Waals surface area contributed by atoms with Crippen molar-refractivity contribution < 1.29 is 13.2 Å². The molecule has 11 rings (SSSR count). The normalized spacial score (nSPS) is 11.6. The first kappa shape index (κ1) is 38.1. The zero-order chi connectivity index (χ0) is 43.5. The number of nitrogens with zero attached hydrogens (tertiary/aromatic N) is 7. The molecular formula is C54H30F3N7. The number of nitriles is 1. The van der Waals surface area contributed by atoms with E-state index in [4.69, 9.17) is 21.5 Å². The van der Waals surface area contributed by atoms with Gasteiger partial charge >= 0.3 is 6.18 Å². The van der Waals surface area contributed by atoms with Gasteiger partial charge < -0.3 is 9.13 Å². The highest BCUT2D eigenvalue weighted by atomic mass is 19.4. The van der Waals surface area contributed by atoms with E-state index in [-0.39, 0.29) is 17.0 Å². The maximum atomic E-state index is 15.7. The van der Waals surface area contributed by atoms with Crippen molar-refractivity contribution >= 4 is 49.3 Å². The lowest BCUT2D eigenvalue weighted by atomic mass is 9.94. The van der Waals surface area contributed by atoms with E-state index in [2.05, 4.69) is 10.9 Å². The molecule has 0 aliphatic heterocycles. The Hall–Kier alpha value is -8.86. The van der Waals surface area contributed by atoms with Crippen LogP contribution in [0.5, 0.6) is 0 Å². The number of rotatable bonds is 6. The van der Waals surface area contributed by atoms with Crippen molar-refractivity contribution in [1.82, 2.24) is 24.1 Å². The minimum absolute atomic E-state index is 0.0641. The van der Waals surface area contributed by atoms with Gasteiger partial charge in [-0.15, -0.1) is 0 Å². The van der Waals surface area contributed by atoms with Crippen LogP contribution in [0.25, 0.3) is 105 Å². The zero-order valence-corrected chi connectivity index (χ0v) is 33.6. The molecular weight excluding hydrogens is 804 g/mol. The van der Waals surface area contributed by atoms with Crippen molar-refractivity contribution in [3.05, 3.63) is 205 Å². The van der Waals surface area contributed by atoms with E-state index in [1.54, 1.807) is 24.3 Å². The summed E-state index contributed by atoms with van der Waals surface area (Å²) in [6.07, 6.45) is -4.76. The van der Waals surface area contributed by atoms with Crippen LogP contribution in [0, 0.1) is 17.9 Å². The van der Waals surface area contributed by atoms with Crippen molar-refractivity contribution in [2.45, 2.75) is 6.18 Å². The van der Waals surface area contributed by atoms with E-state index in [0.29, 0.717) is 39.8 Å². The molecule has 0 atom stereocenters. The molecule has 0 radical (unpaired) electrons. The van der Waals surface area contributed by atoms with Gasteiger partial charge in [-0.2, -0.15) is 18.4 Å². The van der Waals surface area contributed by atoms with Crippen molar-refractivity contribution in [1.29, 1.82) is 5.26 Å². The van der Waals surface area contributed by atoms with E-state index < -0.39 is 11.7 Å². The van der Waals surface area contributed by atoms with Gasteiger partial charge in [-0.05, 0) is 89.8 Å². The standard InChI is InChI=1S/C54H30F3N7/c1-59-37-22-27-48-44(30-37)40-17-8-10-18-46(40)63(48)38-23-24-45(54(55,56)57)41(31-38)43-29-36(53-61-51(34-12-4-2-5-13-34)60-52(62-53)35-14-6-3-7-15-35)21-26-50(43)64-47-19-11-9-16-39(47)42-28-33(32-58)20-25-49(42)64/h2-31H. The molecule has 0 saturated heterocycles. The molecule has 8 aromatic carbocycles. The third kappa shape index (κ3) is 6.32. The fourth-order valence-electron chi connectivity index (χ4n) is 8.78. The summed E-state index contributed by atoms with van der Waals surface area (Å²) in [6, 6.07) is 57.0. The minimum atomic E-state index is -4.76. The van der Waals surface area contributed by atoms with Gasteiger partial charge in [-0.1, -0.05) is 103 Å². The van der Waals surface area contributed by atoms with E-state index in [1.165, 1.54) is 6.07 Å². The Bertz CT molecular complexity index is 3690. The van der Waals surface area contributed by atoms with Crippen LogP contribution in [0.15, 0.2) is 182 Å². The maximum Gasteiger partial charge on any atom is 0.417 e. The predicted octanol–water partition coefficient (Wildman–Crippen LogP) is 14.2. The van der Waals surface area contributed by atoms with Gasteiger partial charge in [0.15, 0.2) is 23.2 Å². The van der Waals surface area contributed by atoms with Crippen LogP contribution in [0.4, 0.5) is 18.9 Å². The number of para-hydroxylation sites is 2. The van der Waals surface area contributed by atoms with Crippen LogP contribution in [0.3, 0.4) is 0 Å². The minimum Gasteiger partial charge on any atom is -0.309 e. The Morgan fingerprint density at radius 2 is 1.03 bits per heavy atom. The summed E-state index contributed by atoms with van der Waals surface area (Å²) in [5.74, 6) is 1.11. The summed E-state index contributed by atoms with van der Waals surface area (Å²) in [5.41, 5.74) is 6.26. The molecule has 0 aliphatic rings. The Morgan fingerprint density at radius 3 is 1.66 bits per heavy atom. The highest BCUT2D eigenvalue weighted by Crippen LogP contribution is 2.45. The summed E-state index contributed by atoms with van der Waals surface area (Å²) < 4.78 is 50.9. The third-order valence-corrected chi connectivity index (χ3v) is 11.6. The van der Waals surface area contributed by atoms with Gasteiger partial charge in [-0.25, -0.2) is 19.8 Å². The number of hydrogen-bond donors (Lipinski definition) is 0. The van der Waals surface area contributed by atoms with Gasteiger partial charge in [-0.3, -0.25) is 0 Å². The molecule has 11 aromatic rings. The first-order valence-electron chi connectivity index (χ1n) is 20.3. The quantitative estimate of drug-likeness (QED) is 0.156. The molecule has 0 unspecified atom stereocenters. The third-order valence-electron chi connectivity index (χ3n) is 11.6. The first-order chi connectivity index (χ1) is 31.3. The molecule has 3 heterocycles. The second-order valence-electron chi connectivity index (χ2n) is 15.4. The largest absolute Gasteiger partial charge is 0.417 e. The second-order valence-corrected chi connectivity index (χ2v) is 15.4. The topological polar surface area (TPSA) is 76.7 Å². The molecule has 0 spiro atoms. The van der Waals surface area contributed by atoms with Crippen LogP contribution >= 0.6 is 0 Å². The van der Waals surface area contributed by atoms with Gasteiger partial charge in [0.25, 0.3) is 0 Å². The molecule has 10 heteroatoms. The van der Waals surface area contributed by atoms with Crippen molar-refractivity contribution in [2.75, 3.05) is 0 Å². The number of halogens is 3. The molecule has 302 valence electrons. The summed E-state index contributed by atoms with van der Waals surface area (Å²) in [7, 11) is 0. The molecule has 0 bridgehead atoms. The fourth-order valence-corrected chi connectivity index (χ4v) is 8.78. The molecule has 3 aromatic heterocycles. The van der Waals surface area contributed by atoms with Crippen LogP contribution in [-0.2, 0) is 6.18 Å². The highest BCUT2D eigenvalue weighted by molar-refractivity contribution is 6.11. The number of fused-ring (bicyclic) bond motifs is 6. The maximum absolute atomic E-state index is 15.7. The Balaban J connectivity index is 1.24. The number of hydrogen-bond acceptors (Lipinski definition) is 4. The summed E-state index contributed by atoms with van der Waals surface area (Å²) in [4.78, 5) is 18.4. The summed E-state index contributed by atoms with van der Waals surface area (Å²) in [6.45, 7) is 7.68. The summed E-state index contributed by atoms with van der Waals surface area (Å²) >= 11 is 0. The average Bonchev–Trinajstić information content (AvgIpc) is 3.85. The van der Waals surface area contributed by atoms with E-state index >= 15 is 13.2 Å². The lowest BCUT2D eigenvalue weighted by molar-refractivity contribution is -0.137. The van der Waals surface area contributed by atoms with Crippen LogP contribution < -0.4 is 0 Å². The highest BCUT2D eigenvalue weighted by Gasteiger charge is 2.35. The smallest absolute Gasteiger partial charge is 0.309 e. The van der Waals surface area contributed by atoms with Crippen molar-refractivity contribution in [3.8, 4) is 62.7 Å². The lowest BCUT2D eigenvalue weighted by Gasteiger charge is -2.21. The van der Waals surface area contributed by atoms with E-state index in [9.17, 15) is 5.26 Å². The molecule has 0 fully saturated rings. The Kier molecular flexibility index (Phi) is 8.89. The molecule has 0 N–H and O–H groups in total. The van der Waals surface area contributed by atoms with Gasteiger partial charge in [0, 0.05) is 44.1 Å². The fraction of sp³-hybridized carbons (Fsp3) is 0.0185. The SMILES string of the molecule is [C-]#[N+]c1ccc2c(c1)c1ccccc1n2-c1ccc(C(F)(F)F)c(-c2cc(-c3nc(-c4ccccc4)nc(-c4ccccc4)n3)ccc2-n2c3ccccc3c3cc(C#N)ccc32)c1. The molecule has 64 heavy (non-hydrogen) atoms. The molecule has 7 nitrogen and oxygen atoms in total. The monoisotopic (exact) mass is 833 g/mol. The zero-order valence-electron chi connectivity index (χ0n) is 33.6. The van der Waals surface area contributed by atoms with Gasteiger partial charge in [0.05, 0.1) is 51.5 Å². The lowest BCUT2D eigenvalue weighted by Crippen LogP contribution is -2.10. The number of aromatic nitrogens is 5. The van der Waals surface area contributed by atoms with Crippen LogP contribution in [-0.4, -0.2) is 24.1 Å². The second kappa shape index (κ2) is 14.9. The van der Waals surface area contributed by atoms with Crippen molar-refractivity contribution in [3.63, 3.8) is 0 Å². The predicted molar refractivity (Wildman–Crippen MR) is 246 cm³/mol. The Morgan fingerprint density at radius 1 is 0.484 bits per heavy atom. The molecule has 0 saturated carbocycles. The summed E-state index contributed by atoms with van der Waals surface area (Å²) in [5, 5.41) is 13.2. The van der Waals surface area contributed by atoms with Gasteiger partial charge in [0.2, 0.25) is 0 Å². The number of benzene rings is 8. The molecule has 0 amide bonds. The van der Waals surface area contributed by atoms with Crippen LogP contribution in [0.2, 0.25) is 0 Å². The average molecular weight is 834 g/mol. The number of alkyl halides is 3. The molecule has 0 aliphatic carbocycles. The first-order valence-corrected chi connectivity index (χ1v) is 20.3. The van der Waals surface area contributed by atoms with E-state index in [0.717, 1.165) is 60.8 Å². The Labute approximate surface area is 364 Å². The van der Waals surface area contributed by atoms with Gasteiger partial charge in [0.1, 0.15) is 0 Å². The van der Waals surface area contributed by atoms with E-state index in [1.807, 2.05) is 155 Å². The van der Waals surface area contributed by atoms with Crippen LogP contribution in [0.1, 0.15) is 11.1 Å².